The Kier molecular flexibility index (Phi) is 6.15. The number of hydrogen-bond donors (Lipinski definition) is 1. The lowest BCUT2D eigenvalue weighted by molar-refractivity contribution is -0.385. The fourth-order valence-corrected chi connectivity index (χ4v) is 3.97. The smallest absolute Gasteiger partial charge is 0.275 e. The summed E-state index contributed by atoms with van der Waals surface area (Å²) in [5.74, 6) is -0.391. The van der Waals surface area contributed by atoms with Crippen LogP contribution in [-0.4, -0.2) is 20.6 Å². The molecule has 144 valence electrons. The highest BCUT2D eigenvalue weighted by molar-refractivity contribution is 9.10. The van der Waals surface area contributed by atoms with Crippen LogP contribution in [0.15, 0.2) is 62.9 Å². The Morgan fingerprint density at radius 3 is 2.61 bits per heavy atom. The highest BCUT2D eigenvalue weighted by atomic mass is 79.9. The van der Waals surface area contributed by atoms with Gasteiger partial charge in [0.05, 0.1) is 15.6 Å². The molecule has 1 amide bonds. The number of carbonyl (C=O) groups is 1. The number of anilines is 1. The van der Waals surface area contributed by atoms with Crippen molar-refractivity contribution in [3.63, 3.8) is 0 Å². The van der Waals surface area contributed by atoms with Crippen LogP contribution in [-0.2, 0) is 6.54 Å². The predicted octanol–water partition coefficient (Wildman–Crippen LogP) is 5.29. The molecular weight excluding hydrogens is 444 g/mol. The van der Waals surface area contributed by atoms with Crippen molar-refractivity contribution < 1.29 is 9.72 Å². The third kappa shape index (κ3) is 4.60. The van der Waals surface area contributed by atoms with E-state index in [1.54, 1.807) is 16.9 Å². The summed E-state index contributed by atoms with van der Waals surface area (Å²) in [6, 6.07) is 12.4. The van der Waals surface area contributed by atoms with Gasteiger partial charge >= 0.3 is 0 Å². The van der Waals surface area contributed by atoms with Gasteiger partial charge in [-0.25, -0.2) is 0 Å². The van der Waals surface area contributed by atoms with E-state index >= 15 is 0 Å². The molecule has 0 saturated carbocycles. The molecule has 3 aromatic rings. The first kappa shape index (κ1) is 20.1. The topological polar surface area (TPSA) is 90.1 Å². The van der Waals surface area contributed by atoms with Crippen LogP contribution in [0.25, 0.3) is 0 Å². The zero-order chi connectivity index (χ0) is 20.3. The lowest BCUT2D eigenvalue weighted by atomic mass is 10.2. The van der Waals surface area contributed by atoms with E-state index in [9.17, 15) is 14.9 Å². The fourth-order valence-electron chi connectivity index (χ4n) is 2.58. The van der Waals surface area contributed by atoms with Crippen molar-refractivity contribution in [2.75, 3.05) is 5.32 Å². The number of carbonyl (C=O) groups excluding carboxylic acids is 1. The van der Waals surface area contributed by atoms with Crippen LogP contribution in [0.3, 0.4) is 0 Å². The van der Waals surface area contributed by atoms with Crippen LogP contribution >= 0.6 is 27.7 Å². The van der Waals surface area contributed by atoms with Gasteiger partial charge in [-0.15, -0.1) is 0 Å². The molecule has 0 spiro atoms. The summed E-state index contributed by atoms with van der Waals surface area (Å²) in [7, 11) is 0. The molecule has 0 atom stereocenters. The minimum Gasteiger partial charge on any atom is -0.320 e. The van der Waals surface area contributed by atoms with E-state index in [1.807, 2.05) is 38.1 Å². The zero-order valence-electron chi connectivity index (χ0n) is 15.2. The number of non-ortho nitro benzene ring substituents is 1. The number of halogens is 1. The van der Waals surface area contributed by atoms with Crippen molar-refractivity contribution in [2.24, 2.45) is 0 Å². The van der Waals surface area contributed by atoms with Crippen LogP contribution in [0.1, 0.15) is 23.0 Å². The number of rotatable bonds is 6. The Morgan fingerprint density at radius 1 is 1.25 bits per heavy atom. The number of nitrogens with one attached hydrogen (secondary N) is 1. The van der Waals surface area contributed by atoms with E-state index in [1.165, 1.54) is 23.9 Å². The van der Waals surface area contributed by atoms with E-state index in [0.29, 0.717) is 27.3 Å². The highest BCUT2D eigenvalue weighted by Gasteiger charge is 2.18. The number of hydrogen-bond acceptors (Lipinski definition) is 5. The van der Waals surface area contributed by atoms with Crippen molar-refractivity contribution in [3.05, 3.63) is 74.5 Å². The SMILES string of the molecule is CCn1ncc(Br)c1C(=O)Nc1cc(Sc2ccc(C)cc2)cc([N+](=O)[O-])c1. The second-order valence-electron chi connectivity index (χ2n) is 6.00. The maximum Gasteiger partial charge on any atom is 0.275 e. The predicted molar refractivity (Wildman–Crippen MR) is 112 cm³/mol. The van der Waals surface area contributed by atoms with Gasteiger partial charge in [0.25, 0.3) is 11.6 Å². The third-order valence-corrected chi connectivity index (χ3v) is 5.49. The molecule has 2 aromatic carbocycles. The Bertz CT molecular complexity index is 1030. The summed E-state index contributed by atoms with van der Waals surface area (Å²) >= 11 is 4.71. The molecule has 3 rings (SSSR count). The average molecular weight is 461 g/mol. The summed E-state index contributed by atoms with van der Waals surface area (Å²) in [6.45, 7) is 4.40. The molecule has 0 aliphatic heterocycles. The molecule has 1 heterocycles. The monoisotopic (exact) mass is 460 g/mol. The maximum atomic E-state index is 12.7. The summed E-state index contributed by atoms with van der Waals surface area (Å²) in [5.41, 5.74) is 1.76. The molecule has 28 heavy (non-hydrogen) atoms. The number of amides is 1. The van der Waals surface area contributed by atoms with Gasteiger partial charge in [-0.1, -0.05) is 29.5 Å². The molecule has 9 heteroatoms. The Balaban J connectivity index is 1.90. The van der Waals surface area contributed by atoms with E-state index in [-0.39, 0.29) is 5.69 Å². The van der Waals surface area contributed by atoms with Crippen molar-refractivity contribution in [2.45, 2.75) is 30.2 Å². The van der Waals surface area contributed by atoms with E-state index in [4.69, 9.17) is 0 Å². The van der Waals surface area contributed by atoms with Crippen LogP contribution in [0, 0.1) is 17.0 Å². The third-order valence-electron chi connectivity index (χ3n) is 3.93. The van der Waals surface area contributed by atoms with Gasteiger partial charge in [-0.2, -0.15) is 5.10 Å². The molecule has 1 aromatic heterocycles. The second-order valence-corrected chi connectivity index (χ2v) is 8.00. The van der Waals surface area contributed by atoms with E-state index in [0.717, 1.165) is 10.5 Å². The number of benzene rings is 2. The summed E-state index contributed by atoms with van der Waals surface area (Å²) in [6.07, 6.45) is 1.55. The van der Waals surface area contributed by atoms with Gasteiger partial charge < -0.3 is 5.32 Å². The first-order valence-electron chi connectivity index (χ1n) is 8.44. The van der Waals surface area contributed by atoms with Crippen LogP contribution in [0.5, 0.6) is 0 Å². The lowest BCUT2D eigenvalue weighted by Gasteiger charge is -2.09. The van der Waals surface area contributed by atoms with Gasteiger partial charge in [0, 0.05) is 34.2 Å². The molecule has 0 fully saturated rings. The Hall–Kier alpha value is -2.65. The first-order valence-corrected chi connectivity index (χ1v) is 10.0. The van der Waals surface area contributed by atoms with E-state index in [2.05, 4.69) is 26.3 Å². The molecule has 7 nitrogen and oxygen atoms in total. The molecule has 1 N–H and O–H groups in total. The van der Waals surface area contributed by atoms with Crippen LogP contribution in [0.4, 0.5) is 11.4 Å². The van der Waals surface area contributed by atoms with Crippen molar-refractivity contribution in [1.29, 1.82) is 0 Å². The van der Waals surface area contributed by atoms with Gasteiger partial charge in [0.2, 0.25) is 0 Å². The number of nitro groups is 1. The zero-order valence-corrected chi connectivity index (χ0v) is 17.6. The van der Waals surface area contributed by atoms with Crippen molar-refractivity contribution >= 4 is 45.0 Å². The second kappa shape index (κ2) is 8.57. The largest absolute Gasteiger partial charge is 0.320 e. The summed E-state index contributed by atoms with van der Waals surface area (Å²) in [5, 5.41) is 18.2. The van der Waals surface area contributed by atoms with Crippen molar-refractivity contribution in [1.82, 2.24) is 9.78 Å². The number of aromatic nitrogens is 2. The van der Waals surface area contributed by atoms with E-state index < -0.39 is 10.8 Å². The highest BCUT2D eigenvalue weighted by Crippen LogP contribution is 2.33. The summed E-state index contributed by atoms with van der Waals surface area (Å²) in [4.78, 5) is 25.2. The molecule has 0 aliphatic carbocycles. The minimum atomic E-state index is -0.471. The molecule has 0 aliphatic rings. The number of nitro benzene ring substituents is 1. The minimum absolute atomic E-state index is 0.0875. The normalized spacial score (nSPS) is 10.7. The number of aryl methyl sites for hydroxylation is 2. The van der Waals surface area contributed by atoms with Gasteiger partial charge in [0.1, 0.15) is 5.69 Å². The van der Waals surface area contributed by atoms with Crippen LogP contribution in [0.2, 0.25) is 0 Å². The molecule has 0 saturated heterocycles. The molecule has 0 unspecified atom stereocenters. The average Bonchev–Trinajstić information content (AvgIpc) is 3.04. The van der Waals surface area contributed by atoms with Crippen LogP contribution < -0.4 is 5.32 Å². The molecule has 0 radical (unpaired) electrons. The Labute approximate surface area is 174 Å². The quantitative estimate of drug-likeness (QED) is 0.398. The first-order chi connectivity index (χ1) is 13.4. The number of nitrogens with zero attached hydrogens (tertiary/aromatic N) is 3. The lowest BCUT2D eigenvalue weighted by Crippen LogP contribution is -2.18. The standard InChI is InChI=1S/C19H17BrN4O3S/c1-3-23-18(17(20)11-21-23)19(25)22-13-8-14(24(26)27)10-16(9-13)28-15-6-4-12(2)5-7-15/h4-11H,3H2,1-2H3,(H,22,25). The summed E-state index contributed by atoms with van der Waals surface area (Å²) < 4.78 is 2.12. The van der Waals surface area contributed by atoms with Gasteiger partial charge in [-0.05, 0) is 48.0 Å². The van der Waals surface area contributed by atoms with Gasteiger partial charge in [0.15, 0.2) is 0 Å². The fraction of sp³-hybridized carbons (Fsp3) is 0.158. The van der Waals surface area contributed by atoms with Gasteiger partial charge in [-0.3, -0.25) is 19.6 Å². The Morgan fingerprint density at radius 2 is 1.96 bits per heavy atom. The van der Waals surface area contributed by atoms with Crippen molar-refractivity contribution in [3.8, 4) is 0 Å². The molecule has 0 bridgehead atoms. The maximum absolute atomic E-state index is 12.7. The molecular formula is C19H17BrN4O3S.